The second-order valence-electron chi connectivity index (χ2n) is 9.51. The number of carbonyl (C=O) groups excluding carboxylic acids is 1. The summed E-state index contributed by atoms with van der Waals surface area (Å²) < 4.78 is 41.0. The van der Waals surface area contributed by atoms with E-state index >= 15 is 0 Å². The van der Waals surface area contributed by atoms with Crippen LogP contribution in [-0.2, 0) is 4.79 Å². The molecule has 1 aliphatic rings. The van der Waals surface area contributed by atoms with Crippen LogP contribution in [0.3, 0.4) is 0 Å². The largest absolute Gasteiger partial charge is 0.494 e. The third-order valence-corrected chi connectivity index (χ3v) is 6.74. The number of hydrogen-bond donors (Lipinski definition) is 1. The fraction of sp³-hybridized carbons (Fsp3) is 0.286. The number of carbonyl (C=O) groups is 1. The van der Waals surface area contributed by atoms with Crippen LogP contribution in [0.5, 0.6) is 11.5 Å². The first-order valence-corrected chi connectivity index (χ1v) is 11.8. The van der Waals surface area contributed by atoms with Crippen molar-refractivity contribution in [2.45, 2.75) is 38.8 Å². The monoisotopic (exact) mass is 491 g/mol. The Kier molecular flexibility index (Phi) is 6.12. The van der Waals surface area contributed by atoms with Gasteiger partial charge in [0.25, 0.3) is 0 Å². The van der Waals surface area contributed by atoms with E-state index in [2.05, 4.69) is 10.4 Å². The van der Waals surface area contributed by atoms with E-state index in [9.17, 15) is 13.6 Å². The molecule has 1 heterocycles. The molecule has 1 saturated carbocycles. The zero-order valence-electron chi connectivity index (χ0n) is 20.3. The molecular formula is C28H27F2N3O3. The van der Waals surface area contributed by atoms with Crippen molar-refractivity contribution in [2.24, 2.45) is 5.41 Å². The van der Waals surface area contributed by atoms with Crippen LogP contribution >= 0.6 is 0 Å². The van der Waals surface area contributed by atoms with E-state index in [1.54, 1.807) is 41.2 Å². The van der Waals surface area contributed by atoms with Crippen LogP contribution in [0.15, 0.2) is 66.9 Å². The van der Waals surface area contributed by atoms with Crippen molar-refractivity contribution in [3.8, 4) is 17.2 Å². The van der Waals surface area contributed by atoms with Crippen molar-refractivity contribution in [3.63, 3.8) is 0 Å². The molecule has 1 aromatic heterocycles. The first-order chi connectivity index (χ1) is 17.3. The maximum Gasteiger partial charge on any atom is 0.226 e. The summed E-state index contributed by atoms with van der Waals surface area (Å²) in [4.78, 5) is 12.7. The quantitative estimate of drug-likeness (QED) is 0.342. The Balaban J connectivity index is 1.45. The van der Waals surface area contributed by atoms with E-state index in [4.69, 9.17) is 9.47 Å². The van der Waals surface area contributed by atoms with Crippen molar-refractivity contribution in [3.05, 3.63) is 84.1 Å². The molecule has 2 unspecified atom stereocenters. The Bertz CT molecular complexity index is 1410. The molecular weight excluding hydrogens is 464 g/mol. The van der Waals surface area contributed by atoms with Crippen LogP contribution < -0.4 is 14.8 Å². The highest BCUT2D eigenvalue weighted by molar-refractivity contribution is 5.85. The van der Waals surface area contributed by atoms with E-state index in [0.717, 1.165) is 29.4 Å². The molecule has 1 amide bonds. The SMILES string of the molecule is COc1ccc(C(Oc2ccc3c(cnn3-c3ccc(F)cc3)c2)C(C)NC(=O)C2(C)CC2)cc1F. The van der Waals surface area contributed by atoms with Crippen LogP contribution in [0, 0.1) is 17.0 Å². The molecule has 3 aromatic carbocycles. The highest BCUT2D eigenvalue weighted by Gasteiger charge is 2.45. The first-order valence-electron chi connectivity index (χ1n) is 11.8. The summed E-state index contributed by atoms with van der Waals surface area (Å²) in [5.41, 5.74) is 1.78. The van der Waals surface area contributed by atoms with Gasteiger partial charge in [0.2, 0.25) is 5.91 Å². The summed E-state index contributed by atoms with van der Waals surface area (Å²) >= 11 is 0. The van der Waals surface area contributed by atoms with Gasteiger partial charge in [-0.15, -0.1) is 0 Å². The van der Waals surface area contributed by atoms with Gasteiger partial charge in [0.1, 0.15) is 17.7 Å². The summed E-state index contributed by atoms with van der Waals surface area (Å²) in [7, 11) is 1.41. The molecule has 0 spiro atoms. The molecule has 0 saturated heterocycles. The highest BCUT2D eigenvalue weighted by atomic mass is 19.1. The van der Waals surface area contributed by atoms with E-state index in [1.165, 1.54) is 25.3 Å². The summed E-state index contributed by atoms with van der Waals surface area (Å²) in [6, 6.07) is 15.8. The van der Waals surface area contributed by atoms with Gasteiger partial charge in [0.05, 0.1) is 30.6 Å². The predicted octanol–water partition coefficient (Wildman–Crippen LogP) is 5.74. The van der Waals surface area contributed by atoms with Crippen LogP contribution in [0.25, 0.3) is 16.6 Å². The average molecular weight is 492 g/mol. The first kappa shape index (κ1) is 23.8. The van der Waals surface area contributed by atoms with Crippen molar-refractivity contribution >= 4 is 16.8 Å². The molecule has 5 rings (SSSR count). The molecule has 4 aromatic rings. The fourth-order valence-corrected chi connectivity index (χ4v) is 4.21. The molecule has 36 heavy (non-hydrogen) atoms. The number of benzene rings is 3. The number of methoxy groups -OCH3 is 1. The number of ether oxygens (including phenoxy) is 2. The van der Waals surface area contributed by atoms with Crippen LogP contribution in [-0.4, -0.2) is 28.8 Å². The highest BCUT2D eigenvalue weighted by Crippen LogP contribution is 2.45. The molecule has 186 valence electrons. The standard InChI is InChI=1S/C28H27F2N3O3/c1-17(32-27(34)28(2)12-13-28)26(18-4-11-25(35-3)23(30)15-18)36-22-9-10-24-19(14-22)16-31-33(24)21-7-5-20(29)6-8-21/h4-11,14-17,26H,12-13H2,1-3H3,(H,32,34). The number of fused-ring (bicyclic) bond motifs is 1. The van der Waals surface area contributed by atoms with Crippen molar-refractivity contribution < 1.29 is 23.0 Å². The Morgan fingerprint density at radius 2 is 1.83 bits per heavy atom. The molecule has 2 atom stereocenters. The number of halogens is 2. The predicted molar refractivity (Wildman–Crippen MR) is 132 cm³/mol. The van der Waals surface area contributed by atoms with Gasteiger partial charge in [-0.1, -0.05) is 13.0 Å². The topological polar surface area (TPSA) is 65.4 Å². The maximum atomic E-state index is 14.6. The maximum absolute atomic E-state index is 14.6. The lowest BCUT2D eigenvalue weighted by molar-refractivity contribution is -0.127. The normalized spacial score (nSPS) is 15.8. The number of nitrogens with zero attached hydrogens (tertiary/aromatic N) is 2. The van der Waals surface area contributed by atoms with Gasteiger partial charge in [0, 0.05) is 10.8 Å². The minimum absolute atomic E-state index is 0.0337. The number of nitrogens with one attached hydrogen (secondary N) is 1. The molecule has 1 N–H and O–H groups in total. The summed E-state index contributed by atoms with van der Waals surface area (Å²) in [6.45, 7) is 3.78. The summed E-state index contributed by atoms with van der Waals surface area (Å²) in [6.07, 6.45) is 2.75. The molecule has 0 bridgehead atoms. The zero-order valence-corrected chi connectivity index (χ0v) is 20.3. The number of amides is 1. The van der Waals surface area contributed by atoms with Gasteiger partial charge in [-0.25, -0.2) is 13.5 Å². The Labute approximate surface area is 207 Å². The summed E-state index contributed by atoms with van der Waals surface area (Å²) in [5.74, 6) is -0.180. The second-order valence-corrected chi connectivity index (χ2v) is 9.51. The minimum Gasteiger partial charge on any atom is -0.494 e. The molecule has 6 nitrogen and oxygen atoms in total. The Morgan fingerprint density at radius 1 is 1.08 bits per heavy atom. The number of hydrogen-bond acceptors (Lipinski definition) is 4. The lowest BCUT2D eigenvalue weighted by Crippen LogP contribution is -2.42. The van der Waals surface area contributed by atoms with E-state index in [-0.39, 0.29) is 22.9 Å². The molecule has 1 aliphatic carbocycles. The van der Waals surface area contributed by atoms with Gasteiger partial charge >= 0.3 is 0 Å². The van der Waals surface area contributed by atoms with Gasteiger partial charge in [-0.2, -0.15) is 5.10 Å². The van der Waals surface area contributed by atoms with Gasteiger partial charge < -0.3 is 14.8 Å². The van der Waals surface area contributed by atoms with E-state index in [1.807, 2.05) is 26.0 Å². The van der Waals surface area contributed by atoms with Crippen LogP contribution in [0.4, 0.5) is 8.78 Å². The van der Waals surface area contributed by atoms with E-state index in [0.29, 0.717) is 11.3 Å². The smallest absolute Gasteiger partial charge is 0.226 e. The third-order valence-electron chi connectivity index (χ3n) is 6.74. The molecule has 0 radical (unpaired) electrons. The molecule has 1 fully saturated rings. The van der Waals surface area contributed by atoms with Crippen molar-refractivity contribution in [2.75, 3.05) is 7.11 Å². The zero-order chi connectivity index (χ0) is 25.4. The number of aromatic nitrogens is 2. The van der Waals surface area contributed by atoms with Gasteiger partial charge in [0.15, 0.2) is 11.6 Å². The van der Waals surface area contributed by atoms with E-state index < -0.39 is 18.0 Å². The van der Waals surface area contributed by atoms with Gasteiger partial charge in [-0.3, -0.25) is 4.79 Å². The lowest BCUT2D eigenvalue weighted by Gasteiger charge is -2.28. The number of rotatable bonds is 8. The Hall–Kier alpha value is -3.94. The minimum atomic E-state index is -0.652. The third kappa shape index (κ3) is 4.63. The van der Waals surface area contributed by atoms with Gasteiger partial charge in [-0.05, 0) is 79.9 Å². The Morgan fingerprint density at radius 3 is 2.50 bits per heavy atom. The fourth-order valence-electron chi connectivity index (χ4n) is 4.21. The van der Waals surface area contributed by atoms with Crippen molar-refractivity contribution in [1.82, 2.24) is 15.1 Å². The average Bonchev–Trinajstić information content (AvgIpc) is 3.49. The molecule has 0 aliphatic heterocycles. The van der Waals surface area contributed by atoms with Crippen LogP contribution in [0.1, 0.15) is 38.4 Å². The van der Waals surface area contributed by atoms with Crippen molar-refractivity contribution in [1.29, 1.82) is 0 Å². The second kappa shape index (κ2) is 9.26. The lowest BCUT2D eigenvalue weighted by atomic mass is 10.0. The summed E-state index contributed by atoms with van der Waals surface area (Å²) in [5, 5.41) is 8.30. The van der Waals surface area contributed by atoms with Crippen LogP contribution in [0.2, 0.25) is 0 Å². The molecule has 8 heteroatoms.